The van der Waals surface area contributed by atoms with Crippen LogP contribution in [-0.4, -0.2) is 78.2 Å². The molecule has 176 valence electrons. The number of thioether (sulfide) groups is 1. The Labute approximate surface area is 193 Å². The van der Waals surface area contributed by atoms with E-state index in [4.69, 9.17) is 9.72 Å². The van der Waals surface area contributed by atoms with Gasteiger partial charge in [-0.05, 0) is 13.0 Å². The van der Waals surface area contributed by atoms with Gasteiger partial charge in [0, 0.05) is 65.0 Å². The fraction of sp³-hybridized carbons (Fsp3) is 0.500. The Bertz CT molecular complexity index is 1260. The summed E-state index contributed by atoms with van der Waals surface area (Å²) in [6, 6.07) is 1.76. The molecule has 0 atom stereocenters. The number of fused-ring (bicyclic) bond motifs is 1. The van der Waals surface area contributed by atoms with Crippen LogP contribution in [0, 0.1) is 0 Å². The maximum Gasteiger partial charge on any atom is 0.409 e. The van der Waals surface area contributed by atoms with E-state index >= 15 is 0 Å². The molecule has 3 aromatic rings. The highest BCUT2D eigenvalue weighted by Gasteiger charge is 2.27. The molecule has 1 amide bonds. The molecule has 4 heterocycles. The average Bonchev–Trinajstić information content (AvgIpc) is 3.22. The molecule has 0 N–H and O–H groups in total. The molecule has 0 spiro atoms. The first kappa shape index (κ1) is 22.8. The number of rotatable bonds is 6. The van der Waals surface area contributed by atoms with Crippen molar-refractivity contribution in [2.24, 2.45) is 14.1 Å². The van der Waals surface area contributed by atoms with Crippen LogP contribution in [0.2, 0.25) is 0 Å². The second kappa shape index (κ2) is 9.65. The van der Waals surface area contributed by atoms with E-state index in [1.807, 2.05) is 9.47 Å². The Hall–Kier alpha value is -3.35. The third-order valence-electron chi connectivity index (χ3n) is 5.50. The van der Waals surface area contributed by atoms with E-state index in [-0.39, 0.29) is 6.09 Å². The molecule has 0 radical (unpaired) electrons. The zero-order valence-corrected chi connectivity index (χ0v) is 19.6. The third-order valence-corrected chi connectivity index (χ3v) is 6.36. The summed E-state index contributed by atoms with van der Waals surface area (Å²) in [4.78, 5) is 54.4. The lowest BCUT2D eigenvalue weighted by molar-refractivity contribution is 0.105. The first-order valence-corrected chi connectivity index (χ1v) is 11.6. The van der Waals surface area contributed by atoms with Crippen LogP contribution in [0.5, 0.6) is 0 Å². The summed E-state index contributed by atoms with van der Waals surface area (Å²) in [6.07, 6.45) is 3.03. The van der Waals surface area contributed by atoms with Crippen LogP contribution in [0.25, 0.3) is 11.2 Å². The molecule has 1 aliphatic heterocycles. The number of imidazole rings is 1. The van der Waals surface area contributed by atoms with E-state index in [0.29, 0.717) is 67.4 Å². The SMILES string of the molecule is CCOC(=O)N1CCN(c2nc3c(c(=O)n(C)c(=O)n3C)n2CCSc2ncccn2)CC1. The van der Waals surface area contributed by atoms with Gasteiger partial charge in [0.15, 0.2) is 16.3 Å². The van der Waals surface area contributed by atoms with Gasteiger partial charge in [-0.25, -0.2) is 19.6 Å². The predicted octanol–water partition coefficient (Wildman–Crippen LogP) is 0.295. The fourth-order valence-electron chi connectivity index (χ4n) is 3.78. The minimum absolute atomic E-state index is 0.328. The summed E-state index contributed by atoms with van der Waals surface area (Å²) < 4.78 is 9.43. The van der Waals surface area contributed by atoms with Crippen LogP contribution < -0.4 is 16.1 Å². The second-order valence-electron chi connectivity index (χ2n) is 7.49. The Balaban J connectivity index is 1.66. The lowest BCUT2D eigenvalue weighted by Crippen LogP contribution is -2.49. The summed E-state index contributed by atoms with van der Waals surface area (Å²) in [5.74, 6) is 1.21. The normalized spacial score (nSPS) is 14.2. The van der Waals surface area contributed by atoms with Crippen molar-refractivity contribution in [2.75, 3.05) is 43.4 Å². The molecule has 13 heteroatoms. The topological polar surface area (TPSA) is 120 Å². The van der Waals surface area contributed by atoms with Crippen LogP contribution in [0.1, 0.15) is 6.92 Å². The smallest absolute Gasteiger partial charge is 0.409 e. The molecule has 0 saturated carbocycles. The molecule has 4 rings (SSSR count). The van der Waals surface area contributed by atoms with Gasteiger partial charge < -0.3 is 19.1 Å². The summed E-state index contributed by atoms with van der Waals surface area (Å²) in [5.41, 5.74) is -0.107. The number of aromatic nitrogens is 6. The Morgan fingerprint density at radius 1 is 1.09 bits per heavy atom. The molecule has 0 aliphatic carbocycles. The molecular formula is C20H26N8O4S. The number of hydrogen-bond acceptors (Lipinski definition) is 9. The Morgan fingerprint density at radius 2 is 1.79 bits per heavy atom. The highest BCUT2D eigenvalue weighted by atomic mass is 32.2. The highest BCUT2D eigenvalue weighted by molar-refractivity contribution is 7.99. The van der Waals surface area contributed by atoms with Crippen molar-refractivity contribution in [2.45, 2.75) is 18.6 Å². The first-order chi connectivity index (χ1) is 15.9. The number of anilines is 1. The van der Waals surface area contributed by atoms with E-state index < -0.39 is 11.2 Å². The van der Waals surface area contributed by atoms with E-state index in [2.05, 4.69) is 9.97 Å². The summed E-state index contributed by atoms with van der Waals surface area (Å²) in [7, 11) is 3.07. The molecule has 0 bridgehead atoms. The quantitative estimate of drug-likeness (QED) is 0.367. The minimum Gasteiger partial charge on any atom is -0.450 e. The number of ether oxygens (including phenoxy) is 1. The maximum absolute atomic E-state index is 13.0. The second-order valence-corrected chi connectivity index (χ2v) is 8.56. The number of amides is 1. The number of carbonyl (C=O) groups excluding carboxylic acids is 1. The van der Waals surface area contributed by atoms with Gasteiger partial charge in [0.1, 0.15) is 0 Å². The van der Waals surface area contributed by atoms with Crippen molar-refractivity contribution >= 4 is 35.0 Å². The lowest BCUT2D eigenvalue weighted by atomic mass is 10.3. The number of aryl methyl sites for hydroxylation is 2. The number of hydrogen-bond donors (Lipinski definition) is 0. The van der Waals surface area contributed by atoms with Crippen LogP contribution in [0.4, 0.5) is 10.7 Å². The summed E-state index contributed by atoms with van der Waals surface area (Å²) in [5, 5.41) is 0.645. The largest absolute Gasteiger partial charge is 0.450 e. The zero-order chi connectivity index (χ0) is 23.5. The molecular weight excluding hydrogens is 448 g/mol. The van der Waals surface area contributed by atoms with Crippen LogP contribution in [0.3, 0.4) is 0 Å². The highest BCUT2D eigenvalue weighted by Crippen LogP contribution is 2.23. The van der Waals surface area contributed by atoms with Crippen molar-refractivity contribution in [3.63, 3.8) is 0 Å². The molecule has 33 heavy (non-hydrogen) atoms. The van der Waals surface area contributed by atoms with Gasteiger partial charge in [0.2, 0.25) is 5.95 Å². The summed E-state index contributed by atoms with van der Waals surface area (Å²) in [6.45, 7) is 4.60. The van der Waals surface area contributed by atoms with Gasteiger partial charge in [0.25, 0.3) is 5.56 Å². The van der Waals surface area contributed by atoms with Crippen LogP contribution >= 0.6 is 11.8 Å². The monoisotopic (exact) mass is 474 g/mol. The zero-order valence-electron chi connectivity index (χ0n) is 18.8. The number of piperazine rings is 1. The number of carbonyl (C=O) groups is 1. The van der Waals surface area contributed by atoms with Crippen LogP contribution in [0.15, 0.2) is 33.2 Å². The third kappa shape index (κ3) is 4.45. The van der Waals surface area contributed by atoms with Gasteiger partial charge in [-0.15, -0.1) is 0 Å². The van der Waals surface area contributed by atoms with Gasteiger partial charge in [-0.2, -0.15) is 4.98 Å². The van der Waals surface area contributed by atoms with Gasteiger partial charge >= 0.3 is 11.8 Å². The van der Waals surface area contributed by atoms with Crippen LogP contribution in [-0.2, 0) is 25.4 Å². The summed E-state index contributed by atoms with van der Waals surface area (Å²) >= 11 is 1.47. The molecule has 1 fully saturated rings. The molecule has 0 aromatic carbocycles. The maximum atomic E-state index is 13.0. The molecule has 3 aromatic heterocycles. The molecule has 0 unspecified atom stereocenters. The molecule has 1 saturated heterocycles. The van der Waals surface area contributed by atoms with Crippen molar-refractivity contribution in [3.05, 3.63) is 39.3 Å². The van der Waals surface area contributed by atoms with Crippen molar-refractivity contribution in [1.82, 2.24) is 33.6 Å². The van der Waals surface area contributed by atoms with Gasteiger partial charge in [0.05, 0.1) is 6.61 Å². The predicted molar refractivity (Wildman–Crippen MR) is 124 cm³/mol. The van der Waals surface area contributed by atoms with Crippen molar-refractivity contribution < 1.29 is 9.53 Å². The minimum atomic E-state index is -0.428. The standard InChI is InChI=1S/C20H26N8O4S/c1-4-32-20(31)27-10-8-26(9-11-27)18-23-15-14(16(29)25(3)19(30)24(15)2)28(18)12-13-33-17-21-6-5-7-22-17/h5-7H,4,8-13H2,1-3H3. The Morgan fingerprint density at radius 3 is 2.45 bits per heavy atom. The molecule has 1 aliphatic rings. The van der Waals surface area contributed by atoms with Crippen molar-refractivity contribution in [3.8, 4) is 0 Å². The lowest BCUT2D eigenvalue weighted by Gasteiger charge is -2.34. The number of nitrogens with zero attached hydrogens (tertiary/aromatic N) is 8. The van der Waals surface area contributed by atoms with E-state index in [0.717, 1.165) is 4.57 Å². The van der Waals surface area contributed by atoms with E-state index in [1.54, 1.807) is 37.3 Å². The Kier molecular flexibility index (Phi) is 6.67. The average molecular weight is 475 g/mol. The van der Waals surface area contributed by atoms with Gasteiger partial charge in [-0.3, -0.25) is 13.9 Å². The van der Waals surface area contributed by atoms with Gasteiger partial charge in [-0.1, -0.05) is 11.8 Å². The molecule has 12 nitrogen and oxygen atoms in total. The van der Waals surface area contributed by atoms with Crippen molar-refractivity contribution in [1.29, 1.82) is 0 Å². The fourth-order valence-corrected chi connectivity index (χ4v) is 4.51. The van der Waals surface area contributed by atoms with E-state index in [9.17, 15) is 14.4 Å². The van der Waals surface area contributed by atoms with E-state index in [1.165, 1.54) is 23.4 Å². The first-order valence-electron chi connectivity index (χ1n) is 10.6.